The van der Waals surface area contributed by atoms with E-state index in [-0.39, 0.29) is 5.92 Å². The number of hydrogen-bond donors (Lipinski definition) is 0. The Kier molecular flexibility index (Phi) is 12.3. The minimum absolute atomic E-state index is 0.176. The Labute approximate surface area is 238 Å². The SMILES string of the molecule is C=C(C)[C@@H]1CCC(C)=C[C@H]1c1c(OCOC2CCCCC2)cc(CCCCC)cc1OCOC1CCCCC1. The first-order valence-electron chi connectivity index (χ1n) is 16.0. The van der Waals surface area contributed by atoms with Crippen LogP contribution in [0, 0.1) is 5.92 Å². The zero-order valence-corrected chi connectivity index (χ0v) is 25.1. The average molecular weight is 539 g/mol. The second-order valence-electron chi connectivity index (χ2n) is 12.4. The van der Waals surface area contributed by atoms with Gasteiger partial charge in [0.15, 0.2) is 13.6 Å². The monoisotopic (exact) mass is 538 g/mol. The van der Waals surface area contributed by atoms with Crippen LogP contribution in [0.25, 0.3) is 0 Å². The van der Waals surface area contributed by atoms with Gasteiger partial charge >= 0.3 is 0 Å². The van der Waals surface area contributed by atoms with Crippen molar-refractivity contribution in [2.45, 2.75) is 142 Å². The number of hydrogen-bond acceptors (Lipinski definition) is 4. The number of unbranched alkanes of at least 4 members (excludes halogenated alkanes) is 2. The highest BCUT2D eigenvalue weighted by atomic mass is 16.7. The molecule has 0 aromatic heterocycles. The number of benzene rings is 1. The molecule has 0 bridgehead atoms. The molecule has 2 fully saturated rings. The molecule has 39 heavy (non-hydrogen) atoms. The van der Waals surface area contributed by atoms with Crippen LogP contribution in [0.5, 0.6) is 11.5 Å². The van der Waals surface area contributed by atoms with Gasteiger partial charge in [-0.15, -0.1) is 0 Å². The third kappa shape index (κ3) is 9.11. The molecule has 1 aromatic carbocycles. The van der Waals surface area contributed by atoms with Gasteiger partial charge in [-0.1, -0.05) is 82.1 Å². The van der Waals surface area contributed by atoms with Crippen LogP contribution in [0.1, 0.15) is 134 Å². The van der Waals surface area contributed by atoms with Crippen molar-refractivity contribution in [1.82, 2.24) is 0 Å². The van der Waals surface area contributed by atoms with E-state index in [9.17, 15) is 0 Å². The zero-order valence-electron chi connectivity index (χ0n) is 25.1. The fraction of sp³-hybridized carbons (Fsp3) is 0.714. The molecule has 4 heteroatoms. The van der Waals surface area contributed by atoms with E-state index in [0.29, 0.717) is 31.7 Å². The molecule has 0 amide bonds. The van der Waals surface area contributed by atoms with Gasteiger partial charge in [-0.2, -0.15) is 0 Å². The molecule has 4 nitrogen and oxygen atoms in total. The molecule has 0 spiro atoms. The van der Waals surface area contributed by atoms with Crippen molar-refractivity contribution in [1.29, 1.82) is 0 Å². The zero-order chi connectivity index (χ0) is 27.5. The van der Waals surface area contributed by atoms with Crippen LogP contribution in [0.4, 0.5) is 0 Å². The maximum Gasteiger partial charge on any atom is 0.189 e. The summed E-state index contributed by atoms with van der Waals surface area (Å²) in [6.45, 7) is 11.7. The highest BCUT2D eigenvalue weighted by Gasteiger charge is 2.31. The van der Waals surface area contributed by atoms with Crippen LogP contribution < -0.4 is 9.47 Å². The molecule has 0 aliphatic heterocycles. The molecule has 4 rings (SSSR count). The normalized spacial score (nSPS) is 22.9. The van der Waals surface area contributed by atoms with Crippen molar-refractivity contribution >= 4 is 0 Å². The van der Waals surface area contributed by atoms with Crippen LogP contribution in [-0.4, -0.2) is 25.8 Å². The van der Waals surface area contributed by atoms with Crippen molar-refractivity contribution < 1.29 is 18.9 Å². The van der Waals surface area contributed by atoms with Gasteiger partial charge in [-0.3, -0.25) is 0 Å². The van der Waals surface area contributed by atoms with E-state index in [4.69, 9.17) is 18.9 Å². The highest BCUT2D eigenvalue weighted by Crippen LogP contribution is 2.47. The van der Waals surface area contributed by atoms with E-state index in [0.717, 1.165) is 62.0 Å². The Bertz CT molecular complexity index is 878. The molecule has 2 atom stereocenters. The summed E-state index contributed by atoms with van der Waals surface area (Å²) in [5, 5.41) is 0. The first-order valence-corrected chi connectivity index (χ1v) is 16.0. The number of rotatable bonds is 14. The number of aryl methyl sites for hydroxylation is 1. The van der Waals surface area contributed by atoms with Crippen molar-refractivity contribution in [3.8, 4) is 11.5 Å². The lowest BCUT2D eigenvalue weighted by Crippen LogP contribution is -2.22. The molecule has 0 saturated heterocycles. The molecule has 0 radical (unpaired) electrons. The minimum atomic E-state index is 0.176. The average Bonchev–Trinajstić information content (AvgIpc) is 2.94. The molecule has 1 aromatic rings. The number of ether oxygens (including phenoxy) is 4. The predicted octanol–water partition coefficient (Wildman–Crippen LogP) is 9.81. The Hall–Kier alpha value is -1.78. The summed E-state index contributed by atoms with van der Waals surface area (Å²) >= 11 is 0. The summed E-state index contributed by atoms with van der Waals surface area (Å²) in [5.74, 6) is 2.36. The van der Waals surface area contributed by atoms with E-state index < -0.39 is 0 Å². The summed E-state index contributed by atoms with van der Waals surface area (Å²) < 4.78 is 25.6. The maximum absolute atomic E-state index is 6.54. The standard InChI is InChI=1S/C35H54O4/c1-5-6-9-14-28-22-33(38-24-36-29-15-10-7-11-16-29)35(32-21-27(4)19-20-31(32)26(2)3)34(23-28)39-25-37-30-17-12-8-13-18-30/h21-23,29-32H,2,5-20,24-25H2,1,3-4H3/t31-,32+/m0/s1. The Morgan fingerprint density at radius 3 is 1.90 bits per heavy atom. The number of allylic oxidation sites excluding steroid dienone is 3. The smallest absolute Gasteiger partial charge is 0.189 e. The summed E-state index contributed by atoms with van der Waals surface area (Å²) in [5.41, 5.74) is 5.07. The van der Waals surface area contributed by atoms with Crippen molar-refractivity contribution in [3.63, 3.8) is 0 Å². The van der Waals surface area contributed by atoms with Crippen LogP contribution in [0.15, 0.2) is 35.9 Å². The van der Waals surface area contributed by atoms with E-state index in [1.54, 1.807) is 0 Å². The predicted molar refractivity (Wildman–Crippen MR) is 161 cm³/mol. The summed E-state index contributed by atoms with van der Waals surface area (Å²) in [6.07, 6.45) is 22.2. The maximum atomic E-state index is 6.54. The van der Waals surface area contributed by atoms with Crippen LogP contribution >= 0.6 is 0 Å². The second-order valence-corrected chi connectivity index (χ2v) is 12.4. The van der Waals surface area contributed by atoms with Crippen molar-refractivity contribution in [3.05, 3.63) is 47.1 Å². The van der Waals surface area contributed by atoms with Gasteiger partial charge in [0.25, 0.3) is 0 Å². The molecular weight excluding hydrogens is 484 g/mol. The van der Waals surface area contributed by atoms with E-state index in [1.165, 1.54) is 74.5 Å². The fourth-order valence-corrected chi connectivity index (χ4v) is 6.70. The Morgan fingerprint density at radius 1 is 0.821 bits per heavy atom. The van der Waals surface area contributed by atoms with Gasteiger partial charge in [0.2, 0.25) is 0 Å². The Morgan fingerprint density at radius 2 is 1.38 bits per heavy atom. The first kappa shape index (κ1) is 30.2. The molecule has 218 valence electrons. The van der Waals surface area contributed by atoms with Crippen LogP contribution in [-0.2, 0) is 15.9 Å². The minimum Gasteiger partial charge on any atom is -0.467 e. The molecule has 3 aliphatic rings. The van der Waals surface area contributed by atoms with Gasteiger partial charge in [-0.25, -0.2) is 0 Å². The van der Waals surface area contributed by atoms with Gasteiger partial charge in [0, 0.05) is 11.5 Å². The van der Waals surface area contributed by atoms with E-state index in [1.807, 2.05) is 0 Å². The van der Waals surface area contributed by atoms with Crippen LogP contribution in [0.2, 0.25) is 0 Å². The van der Waals surface area contributed by atoms with Crippen molar-refractivity contribution in [2.24, 2.45) is 5.92 Å². The van der Waals surface area contributed by atoms with Gasteiger partial charge in [0.1, 0.15) is 11.5 Å². The van der Waals surface area contributed by atoms with Crippen LogP contribution in [0.3, 0.4) is 0 Å². The molecule has 0 unspecified atom stereocenters. The van der Waals surface area contributed by atoms with Gasteiger partial charge in [-0.05, 0) is 88.8 Å². The molecule has 3 aliphatic carbocycles. The summed E-state index contributed by atoms with van der Waals surface area (Å²) in [6, 6.07) is 4.52. The molecular formula is C35H54O4. The summed E-state index contributed by atoms with van der Waals surface area (Å²) in [4.78, 5) is 0. The Balaban J connectivity index is 1.62. The lowest BCUT2D eigenvalue weighted by atomic mass is 9.73. The van der Waals surface area contributed by atoms with Gasteiger partial charge in [0.05, 0.1) is 12.2 Å². The lowest BCUT2D eigenvalue weighted by molar-refractivity contribution is -0.0531. The van der Waals surface area contributed by atoms with Crippen molar-refractivity contribution in [2.75, 3.05) is 13.6 Å². The quantitative estimate of drug-likeness (QED) is 0.134. The molecule has 2 saturated carbocycles. The molecule has 0 heterocycles. The highest BCUT2D eigenvalue weighted by molar-refractivity contribution is 5.53. The summed E-state index contributed by atoms with van der Waals surface area (Å²) in [7, 11) is 0. The first-order chi connectivity index (χ1) is 19.0. The second kappa shape index (κ2) is 15.9. The third-order valence-electron chi connectivity index (χ3n) is 9.09. The lowest BCUT2D eigenvalue weighted by Gasteiger charge is -2.33. The van der Waals surface area contributed by atoms with E-state index >= 15 is 0 Å². The topological polar surface area (TPSA) is 36.9 Å². The molecule has 0 N–H and O–H groups in total. The van der Waals surface area contributed by atoms with E-state index in [2.05, 4.69) is 45.6 Å². The fourth-order valence-electron chi connectivity index (χ4n) is 6.70. The largest absolute Gasteiger partial charge is 0.467 e. The third-order valence-corrected chi connectivity index (χ3v) is 9.09. The van der Waals surface area contributed by atoms with Gasteiger partial charge < -0.3 is 18.9 Å².